The van der Waals surface area contributed by atoms with E-state index >= 15 is 0 Å². The van der Waals surface area contributed by atoms with Gasteiger partial charge >= 0.3 is 0 Å². The van der Waals surface area contributed by atoms with E-state index in [1.54, 1.807) is 6.26 Å². The first kappa shape index (κ1) is 15.1. The van der Waals surface area contributed by atoms with Crippen LogP contribution in [-0.4, -0.2) is 12.1 Å². The second kappa shape index (κ2) is 7.51. The van der Waals surface area contributed by atoms with Crippen LogP contribution in [-0.2, 0) is 12.8 Å². The maximum absolute atomic E-state index is 5.90. The van der Waals surface area contributed by atoms with E-state index in [1.165, 1.54) is 5.56 Å². The monoisotopic (exact) mass is 291 g/mol. The average molecular weight is 292 g/mol. The SMILES string of the molecule is CC(CCc1ccco1)NC(C)Cc1ccc(Cl)cc1. The Balaban J connectivity index is 1.73. The Bertz CT molecular complexity index is 492. The van der Waals surface area contributed by atoms with Crippen molar-refractivity contribution in [3.63, 3.8) is 0 Å². The molecule has 1 aromatic carbocycles. The van der Waals surface area contributed by atoms with E-state index in [-0.39, 0.29) is 0 Å². The van der Waals surface area contributed by atoms with E-state index < -0.39 is 0 Å². The van der Waals surface area contributed by atoms with Crippen molar-refractivity contribution in [2.75, 3.05) is 0 Å². The second-order valence-electron chi connectivity index (χ2n) is 5.42. The molecule has 20 heavy (non-hydrogen) atoms. The Morgan fingerprint density at radius 2 is 1.85 bits per heavy atom. The summed E-state index contributed by atoms with van der Waals surface area (Å²) in [6.45, 7) is 4.44. The Kier molecular flexibility index (Phi) is 5.69. The van der Waals surface area contributed by atoms with Gasteiger partial charge in [-0.05, 0) is 56.5 Å². The average Bonchev–Trinajstić information content (AvgIpc) is 2.92. The minimum absolute atomic E-state index is 0.447. The molecule has 2 unspecified atom stereocenters. The van der Waals surface area contributed by atoms with Gasteiger partial charge in [-0.3, -0.25) is 0 Å². The zero-order chi connectivity index (χ0) is 14.4. The van der Waals surface area contributed by atoms with E-state index in [9.17, 15) is 0 Å². The number of halogens is 1. The van der Waals surface area contributed by atoms with Crippen LogP contribution in [0.4, 0.5) is 0 Å². The molecule has 3 heteroatoms. The van der Waals surface area contributed by atoms with E-state index in [4.69, 9.17) is 16.0 Å². The fraction of sp³-hybridized carbons (Fsp3) is 0.412. The molecule has 2 atom stereocenters. The van der Waals surface area contributed by atoms with Gasteiger partial charge < -0.3 is 9.73 Å². The van der Waals surface area contributed by atoms with Crippen LogP contribution < -0.4 is 5.32 Å². The molecule has 0 radical (unpaired) electrons. The van der Waals surface area contributed by atoms with Gasteiger partial charge in [0.25, 0.3) is 0 Å². The second-order valence-corrected chi connectivity index (χ2v) is 5.85. The predicted molar refractivity (Wildman–Crippen MR) is 84.2 cm³/mol. The van der Waals surface area contributed by atoms with Crippen LogP contribution >= 0.6 is 11.6 Å². The van der Waals surface area contributed by atoms with Crippen LogP contribution in [0.5, 0.6) is 0 Å². The molecule has 0 saturated heterocycles. The smallest absolute Gasteiger partial charge is 0.103 e. The van der Waals surface area contributed by atoms with Crippen LogP contribution in [0.2, 0.25) is 5.02 Å². The highest BCUT2D eigenvalue weighted by atomic mass is 35.5. The van der Waals surface area contributed by atoms with Crippen molar-refractivity contribution >= 4 is 11.6 Å². The summed E-state index contributed by atoms with van der Waals surface area (Å²) in [7, 11) is 0. The van der Waals surface area contributed by atoms with E-state index in [0.29, 0.717) is 12.1 Å². The molecule has 0 fully saturated rings. The summed E-state index contributed by atoms with van der Waals surface area (Å²) in [6.07, 6.45) is 4.81. The number of nitrogens with one attached hydrogen (secondary N) is 1. The Hall–Kier alpha value is -1.25. The first-order valence-electron chi connectivity index (χ1n) is 7.16. The van der Waals surface area contributed by atoms with E-state index in [0.717, 1.165) is 30.0 Å². The van der Waals surface area contributed by atoms with Gasteiger partial charge in [-0.2, -0.15) is 0 Å². The summed E-state index contributed by atoms with van der Waals surface area (Å²) < 4.78 is 5.36. The third-order valence-electron chi connectivity index (χ3n) is 3.43. The summed E-state index contributed by atoms with van der Waals surface area (Å²) in [5.74, 6) is 1.06. The maximum atomic E-state index is 5.90. The Morgan fingerprint density at radius 3 is 2.50 bits per heavy atom. The zero-order valence-corrected chi connectivity index (χ0v) is 12.9. The lowest BCUT2D eigenvalue weighted by Gasteiger charge is -2.20. The van der Waals surface area contributed by atoms with Gasteiger partial charge in [0.15, 0.2) is 0 Å². The van der Waals surface area contributed by atoms with Crippen LogP contribution in [0, 0.1) is 0 Å². The first-order valence-corrected chi connectivity index (χ1v) is 7.54. The number of aryl methyl sites for hydroxylation is 1. The van der Waals surface area contributed by atoms with Crippen molar-refractivity contribution in [1.29, 1.82) is 0 Å². The van der Waals surface area contributed by atoms with Crippen LogP contribution in [0.1, 0.15) is 31.6 Å². The lowest BCUT2D eigenvalue weighted by atomic mass is 10.1. The Morgan fingerprint density at radius 1 is 1.10 bits per heavy atom. The first-order chi connectivity index (χ1) is 9.63. The van der Waals surface area contributed by atoms with Crippen LogP contribution in [0.3, 0.4) is 0 Å². The van der Waals surface area contributed by atoms with Crippen LogP contribution in [0.25, 0.3) is 0 Å². The van der Waals surface area contributed by atoms with Gasteiger partial charge in [-0.15, -0.1) is 0 Å². The molecule has 1 aromatic heterocycles. The van der Waals surface area contributed by atoms with E-state index in [1.807, 2.05) is 24.3 Å². The number of hydrogen-bond donors (Lipinski definition) is 1. The highest BCUT2D eigenvalue weighted by molar-refractivity contribution is 6.30. The topological polar surface area (TPSA) is 25.2 Å². The number of hydrogen-bond acceptors (Lipinski definition) is 2. The predicted octanol–water partition coefficient (Wildman–Crippen LogP) is 4.47. The lowest BCUT2D eigenvalue weighted by molar-refractivity contribution is 0.423. The molecule has 1 N–H and O–H groups in total. The molecule has 2 rings (SSSR count). The minimum Gasteiger partial charge on any atom is -0.469 e. The van der Waals surface area contributed by atoms with E-state index in [2.05, 4.69) is 31.3 Å². The molecule has 0 aliphatic rings. The van der Waals surface area contributed by atoms with Gasteiger partial charge in [0.05, 0.1) is 6.26 Å². The molecule has 0 aliphatic heterocycles. The molecular formula is C17H22ClNO. The fourth-order valence-electron chi connectivity index (χ4n) is 2.42. The number of furan rings is 1. The lowest BCUT2D eigenvalue weighted by Crippen LogP contribution is -2.36. The molecule has 0 spiro atoms. The summed E-state index contributed by atoms with van der Waals surface area (Å²) in [5, 5.41) is 4.42. The molecule has 0 saturated carbocycles. The molecule has 108 valence electrons. The van der Waals surface area contributed by atoms with Crippen molar-refractivity contribution in [3.05, 3.63) is 59.0 Å². The van der Waals surface area contributed by atoms with Gasteiger partial charge in [0.2, 0.25) is 0 Å². The van der Waals surface area contributed by atoms with Gasteiger partial charge in [-0.25, -0.2) is 0 Å². The standard InChI is InChI=1S/C17H22ClNO/c1-13(5-10-17-4-3-11-20-17)19-14(2)12-15-6-8-16(18)9-7-15/h3-4,6-9,11,13-14,19H,5,10,12H2,1-2H3. The zero-order valence-electron chi connectivity index (χ0n) is 12.1. The van der Waals surface area contributed by atoms with Crippen molar-refractivity contribution in [2.24, 2.45) is 0 Å². The van der Waals surface area contributed by atoms with Crippen molar-refractivity contribution in [3.8, 4) is 0 Å². The van der Waals surface area contributed by atoms with Crippen molar-refractivity contribution in [2.45, 2.75) is 45.2 Å². The van der Waals surface area contributed by atoms with Gasteiger partial charge in [0, 0.05) is 23.5 Å². The molecule has 1 heterocycles. The summed E-state index contributed by atoms with van der Waals surface area (Å²) in [4.78, 5) is 0. The molecule has 0 bridgehead atoms. The summed E-state index contributed by atoms with van der Waals surface area (Å²) in [6, 6.07) is 13.0. The molecule has 0 amide bonds. The number of rotatable bonds is 7. The summed E-state index contributed by atoms with van der Waals surface area (Å²) in [5.41, 5.74) is 1.31. The fourth-order valence-corrected chi connectivity index (χ4v) is 2.54. The third-order valence-corrected chi connectivity index (χ3v) is 3.68. The largest absolute Gasteiger partial charge is 0.469 e. The van der Waals surface area contributed by atoms with Crippen LogP contribution in [0.15, 0.2) is 47.1 Å². The molecule has 2 aromatic rings. The third kappa shape index (κ3) is 5.03. The highest BCUT2D eigenvalue weighted by Crippen LogP contribution is 2.12. The van der Waals surface area contributed by atoms with Crippen molar-refractivity contribution < 1.29 is 4.42 Å². The molecule has 2 nitrogen and oxygen atoms in total. The summed E-state index contributed by atoms with van der Waals surface area (Å²) >= 11 is 5.90. The Labute approximate surface area is 126 Å². The molecule has 0 aliphatic carbocycles. The maximum Gasteiger partial charge on any atom is 0.103 e. The quantitative estimate of drug-likeness (QED) is 0.814. The van der Waals surface area contributed by atoms with Crippen molar-refractivity contribution in [1.82, 2.24) is 5.32 Å². The minimum atomic E-state index is 0.447. The van der Waals surface area contributed by atoms with Gasteiger partial charge in [-0.1, -0.05) is 23.7 Å². The van der Waals surface area contributed by atoms with Gasteiger partial charge in [0.1, 0.15) is 5.76 Å². The highest BCUT2D eigenvalue weighted by Gasteiger charge is 2.09. The number of benzene rings is 1. The molecular weight excluding hydrogens is 270 g/mol. The normalized spacial score (nSPS) is 14.2.